The van der Waals surface area contributed by atoms with Gasteiger partial charge in [-0.3, -0.25) is 0 Å². The Morgan fingerprint density at radius 1 is 1.43 bits per heavy atom. The van der Waals surface area contributed by atoms with E-state index in [1.165, 1.54) is 32.2 Å². The van der Waals surface area contributed by atoms with Crippen LogP contribution in [0.25, 0.3) is 0 Å². The van der Waals surface area contributed by atoms with Gasteiger partial charge in [-0.15, -0.1) is 0 Å². The minimum absolute atomic E-state index is 0.683. The van der Waals surface area contributed by atoms with Gasteiger partial charge in [-0.1, -0.05) is 13.3 Å². The molecule has 0 spiro atoms. The van der Waals surface area contributed by atoms with Crippen LogP contribution in [0.2, 0.25) is 0 Å². The SMILES string of the molecule is CCCNCC(C)N(C)CC1CCC1. The van der Waals surface area contributed by atoms with Gasteiger partial charge in [-0.25, -0.2) is 0 Å². The highest BCUT2D eigenvalue weighted by Crippen LogP contribution is 2.27. The third-order valence-electron chi connectivity index (χ3n) is 3.39. The number of hydrogen-bond donors (Lipinski definition) is 1. The van der Waals surface area contributed by atoms with E-state index in [9.17, 15) is 0 Å². The Kier molecular flexibility index (Phi) is 5.49. The van der Waals surface area contributed by atoms with Gasteiger partial charge in [-0.05, 0) is 45.7 Å². The Morgan fingerprint density at radius 2 is 2.14 bits per heavy atom. The fraction of sp³-hybridized carbons (Fsp3) is 1.00. The first-order valence-electron chi connectivity index (χ1n) is 6.15. The molecule has 1 rings (SSSR count). The molecular weight excluding hydrogens is 172 g/mol. The van der Waals surface area contributed by atoms with Crippen LogP contribution in [0.3, 0.4) is 0 Å². The van der Waals surface area contributed by atoms with Gasteiger partial charge < -0.3 is 10.2 Å². The van der Waals surface area contributed by atoms with Crippen molar-refractivity contribution in [1.29, 1.82) is 0 Å². The smallest absolute Gasteiger partial charge is 0.0189 e. The lowest BCUT2D eigenvalue weighted by molar-refractivity contribution is 0.167. The molecule has 1 fully saturated rings. The molecule has 1 aliphatic carbocycles. The van der Waals surface area contributed by atoms with E-state index in [2.05, 4.69) is 31.1 Å². The second-order valence-corrected chi connectivity index (χ2v) is 4.79. The summed E-state index contributed by atoms with van der Waals surface area (Å²) in [5.74, 6) is 0.994. The quantitative estimate of drug-likeness (QED) is 0.630. The topological polar surface area (TPSA) is 15.3 Å². The van der Waals surface area contributed by atoms with Crippen LogP contribution < -0.4 is 5.32 Å². The summed E-state index contributed by atoms with van der Waals surface area (Å²) in [7, 11) is 2.26. The molecule has 1 aliphatic rings. The number of nitrogens with zero attached hydrogens (tertiary/aromatic N) is 1. The van der Waals surface area contributed by atoms with Crippen molar-refractivity contribution >= 4 is 0 Å². The molecule has 0 aromatic heterocycles. The van der Waals surface area contributed by atoms with E-state index < -0.39 is 0 Å². The zero-order valence-corrected chi connectivity index (χ0v) is 10.1. The van der Waals surface area contributed by atoms with Crippen LogP contribution in [0.15, 0.2) is 0 Å². The lowest BCUT2D eigenvalue weighted by Crippen LogP contribution is -2.41. The van der Waals surface area contributed by atoms with Crippen LogP contribution in [-0.2, 0) is 0 Å². The van der Waals surface area contributed by atoms with Crippen LogP contribution in [0, 0.1) is 5.92 Å². The summed E-state index contributed by atoms with van der Waals surface area (Å²) in [6.45, 7) is 8.13. The van der Waals surface area contributed by atoms with E-state index in [0.29, 0.717) is 6.04 Å². The van der Waals surface area contributed by atoms with Gasteiger partial charge in [0.15, 0.2) is 0 Å². The lowest BCUT2D eigenvalue weighted by atomic mass is 9.85. The predicted molar refractivity (Wildman–Crippen MR) is 62.6 cm³/mol. The number of likely N-dealkylation sites (N-methyl/N-ethyl adjacent to an activating group) is 1. The highest BCUT2D eigenvalue weighted by Gasteiger charge is 2.20. The summed E-state index contributed by atoms with van der Waals surface area (Å²) >= 11 is 0. The van der Waals surface area contributed by atoms with Gasteiger partial charge in [0.1, 0.15) is 0 Å². The van der Waals surface area contributed by atoms with Gasteiger partial charge >= 0.3 is 0 Å². The van der Waals surface area contributed by atoms with Gasteiger partial charge in [0, 0.05) is 19.1 Å². The van der Waals surface area contributed by atoms with E-state index in [1.54, 1.807) is 0 Å². The molecule has 14 heavy (non-hydrogen) atoms. The summed E-state index contributed by atoms with van der Waals surface area (Å²) in [6, 6.07) is 0.683. The minimum Gasteiger partial charge on any atom is -0.315 e. The van der Waals surface area contributed by atoms with Crippen molar-refractivity contribution in [1.82, 2.24) is 10.2 Å². The van der Waals surface area contributed by atoms with E-state index >= 15 is 0 Å². The van der Waals surface area contributed by atoms with Gasteiger partial charge in [0.05, 0.1) is 0 Å². The molecule has 0 saturated heterocycles. The summed E-state index contributed by atoms with van der Waals surface area (Å²) in [5, 5.41) is 3.48. The van der Waals surface area contributed by atoms with Crippen LogP contribution in [0.5, 0.6) is 0 Å². The molecular formula is C12H26N2. The van der Waals surface area contributed by atoms with Crippen molar-refractivity contribution in [3.8, 4) is 0 Å². The molecule has 0 bridgehead atoms. The van der Waals surface area contributed by atoms with Gasteiger partial charge in [-0.2, -0.15) is 0 Å². The third kappa shape index (κ3) is 3.97. The van der Waals surface area contributed by atoms with Crippen LogP contribution >= 0.6 is 0 Å². The molecule has 1 unspecified atom stereocenters. The van der Waals surface area contributed by atoms with E-state index in [-0.39, 0.29) is 0 Å². The maximum absolute atomic E-state index is 3.48. The molecule has 1 saturated carbocycles. The molecule has 0 aliphatic heterocycles. The number of nitrogens with one attached hydrogen (secondary N) is 1. The fourth-order valence-electron chi connectivity index (χ4n) is 1.91. The predicted octanol–water partition coefficient (Wildman–Crippen LogP) is 2.11. The summed E-state index contributed by atoms with van der Waals surface area (Å²) in [5.41, 5.74) is 0. The third-order valence-corrected chi connectivity index (χ3v) is 3.39. The average molecular weight is 198 g/mol. The highest BCUT2D eigenvalue weighted by molar-refractivity contribution is 4.75. The maximum Gasteiger partial charge on any atom is 0.0189 e. The van der Waals surface area contributed by atoms with Crippen molar-refractivity contribution in [2.24, 2.45) is 5.92 Å². The Morgan fingerprint density at radius 3 is 2.64 bits per heavy atom. The molecule has 1 N–H and O–H groups in total. The standard InChI is InChI=1S/C12H26N2/c1-4-8-13-9-11(2)14(3)10-12-6-5-7-12/h11-13H,4-10H2,1-3H3. The zero-order chi connectivity index (χ0) is 10.4. The second-order valence-electron chi connectivity index (χ2n) is 4.79. The largest absolute Gasteiger partial charge is 0.315 e. The minimum atomic E-state index is 0.683. The summed E-state index contributed by atoms with van der Waals surface area (Å²) in [6.07, 6.45) is 5.61. The van der Waals surface area contributed by atoms with Crippen molar-refractivity contribution < 1.29 is 0 Å². The van der Waals surface area contributed by atoms with Gasteiger partial charge in [0.25, 0.3) is 0 Å². The maximum atomic E-state index is 3.48. The first-order valence-corrected chi connectivity index (χ1v) is 6.15. The second kappa shape index (κ2) is 6.41. The molecule has 0 aromatic rings. The monoisotopic (exact) mass is 198 g/mol. The number of hydrogen-bond acceptors (Lipinski definition) is 2. The van der Waals surface area contributed by atoms with Crippen molar-refractivity contribution in [2.75, 3.05) is 26.7 Å². The number of rotatable bonds is 7. The Balaban J connectivity index is 2.05. The molecule has 84 valence electrons. The van der Waals surface area contributed by atoms with E-state index in [0.717, 1.165) is 19.0 Å². The molecule has 2 heteroatoms. The van der Waals surface area contributed by atoms with Crippen molar-refractivity contribution in [3.63, 3.8) is 0 Å². The first kappa shape index (κ1) is 12.0. The Bertz CT molecular complexity index is 143. The molecule has 0 heterocycles. The van der Waals surface area contributed by atoms with E-state index in [1.807, 2.05) is 0 Å². The van der Waals surface area contributed by atoms with Crippen LogP contribution in [-0.4, -0.2) is 37.6 Å². The molecule has 1 atom stereocenters. The average Bonchev–Trinajstić information content (AvgIpc) is 2.11. The van der Waals surface area contributed by atoms with Crippen LogP contribution in [0.4, 0.5) is 0 Å². The Labute approximate surface area is 89.1 Å². The molecule has 0 amide bonds. The molecule has 2 nitrogen and oxygen atoms in total. The lowest BCUT2D eigenvalue weighted by Gasteiger charge is -2.33. The molecule has 0 aromatic carbocycles. The fourth-order valence-corrected chi connectivity index (χ4v) is 1.91. The Hall–Kier alpha value is -0.0800. The zero-order valence-electron chi connectivity index (χ0n) is 10.1. The first-order chi connectivity index (χ1) is 6.74. The van der Waals surface area contributed by atoms with E-state index in [4.69, 9.17) is 0 Å². The van der Waals surface area contributed by atoms with Gasteiger partial charge in [0.2, 0.25) is 0 Å². The molecule has 0 radical (unpaired) electrons. The van der Waals surface area contributed by atoms with Crippen molar-refractivity contribution in [3.05, 3.63) is 0 Å². The summed E-state index contributed by atoms with van der Waals surface area (Å²) in [4.78, 5) is 2.51. The summed E-state index contributed by atoms with van der Waals surface area (Å²) < 4.78 is 0. The highest BCUT2D eigenvalue weighted by atomic mass is 15.1. The van der Waals surface area contributed by atoms with Crippen LogP contribution in [0.1, 0.15) is 39.5 Å². The normalized spacial score (nSPS) is 19.7. The van der Waals surface area contributed by atoms with Crippen molar-refractivity contribution in [2.45, 2.75) is 45.6 Å².